The fourth-order valence-corrected chi connectivity index (χ4v) is 2.38. The molecule has 9 nitrogen and oxygen atoms in total. The number of aliphatic imine (C=N–C) groups is 1. The molecule has 0 radical (unpaired) electrons. The molecule has 0 saturated heterocycles. The first-order valence-corrected chi connectivity index (χ1v) is 7.72. The zero-order valence-electron chi connectivity index (χ0n) is 14.1. The summed E-state index contributed by atoms with van der Waals surface area (Å²) >= 11 is 0. The quantitative estimate of drug-likeness (QED) is 0.284. The van der Waals surface area contributed by atoms with Crippen LogP contribution in [0.25, 0.3) is 11.0 Å². The van der Waals surface area contributed by atoms with Crippen LogP contribution in [0.4, 0.5) is 6.01 Å². The lowest BCUT2D eigenvalue weighted by atomic mass is 10.1. The van der Waals surface area contributed by atoms with Crippen molar-refractivity contribution in [2.24, 2.45) is 16.5 Å². The van der Waals surface area contributed by atoms with Gasteiger partial charge in [-0.2, -0.15) is 4.98 Å². The molecule has 25 heavy (non-hydrogen) atoms. The van der Waals surface area contributed by atoms with Gasteiger partial charge in [-0.05, 0) is 31.4 Å². The molecule has 0 spiro atoms. The number of rotatable bonds is 7. The predicted molar refractivity (Wildman–Crippen MR) is 94.4 cm³/mol. The van der Waals surface area contributed by atoms with E-state index < -0.39 is 17.6 Å². The first kappa shape index (κ1) is 18.2. The number of esters is 1. The van der Waals surface area contributed by atoms with Crippen molar-refractivity contribution in [3.63, 3.8) is 0 Å². The van der Waals surface area contributed by atoms with Gasteiger partial charge in [-0.3, -0.25) is 9.79 Å². The van der Waals surface area contributed by atoms with E-state index in [1.54, 1.807) is 25.1 Å². The SMILES string of the molecule is COC(=O)[C@H](CCCN=C(N)N)Nc1nc(=O)c2c(C)cccc2o1. The van der Waals surface area contributed by atoms with Crippen LogP contribution in [0.3, 0.4) is 0 Å². The summed E-state index contributed by atoms with van der Waals surface area (Å²) in [6.45, 7) is 2.17. The molecule has 0 aliphatic carbocycles. The van der Waals surface area contributed by atoms with Crippen LogP contribution in [0.2, 0.25) is 0 Å². The fraction of sp³-hybridized carbons (Fsp3) is 0.375. The minimum atomic E-state index is -0.739. The van der Waals surface area contributed by atoms with Crippen molar-refractivity contribution >= 4 is 28.9 Å². The standard InChI is InChI=1S/C16H21N5O4/c1-9-5-3-7-11-12(9)13(22)21-16(25-11)20-10(14(23)24-2)6-4-8-19-15(17)18/h3,5,7,10H,4,6,8H2,1-2H3,(H4,17,18,19)(H,20,21,22)/t10-/m0/s1. The number of fused-ring (bicyclic) bond motifs is 1. The van der Waals surface area contributed by atoms with Gasteiger partial charge in [0, 0.05) is 6.54 Å². The van der Waals surface area contributed by atoms with Gasteiger partial charge in [0.05, 0.1) is 12.5 Å². The molecule has 0 bridgehead atoms. The Kier molecular flexibility index (Phi) is 5.93. The highest BCUT2D eigenvalue weighted by Crippen LogP contribution is 2.18. The molecular formula is C16H21N5O4. The monoisotopic (exact) mass is 347 g/mol. The summed E-state index contributed by atoms with van der Waals surface area (Å²) in [5.74, 6) is -0.515. The summed E-state index contributed by atoms with van der Waals surface area (Å²) < 4.78 is 10.4. The number of benzene rings is 1. The fourth-order valence-electron chi connectivity index (χ4n) is 2.38. The molecule has 1 aromatic carbocycles. The molecule has 0 amide bonds. The van der Waals surface area contributed by atoms with Gasteiger partial charge in [0.1, 0.15) is 11.6 Å². The molecule has 0 saturated carbocycles. The molecule has 2 aromatic rings. The second kappa shape index (κ2) is 8.13. The van der Waals surface area contributed by atoms with E-state index in [0.717, 1.165) is 5.56 Å². The van der Waals surface area contributed by atoms with Crippen molar-refractivity contribution in [1.29, 1.82) is 0 Å². The molecule has 1 heterocycles. The van der Waals surface area contributed by atoms with E-state index in [4.69, 9.17) is 20.6 Å². The van der Waals surface area contributed by atoms with Gasteiger partial charge in [0.15, 0.2) is 5.96 Å². The van der Waals surface area contributed by atoms with Crippen molar-refractivity contribution in [3.05, 3.63) is 34.1 Å². The van der Waals surface area contributed by atoms with Gasteiger partial charge < -0.3 is 25.9 Å². The number of ether oxygens (including phenoxy) is 1. The predicted octanol–water partition coefficient (Wildman–Crippen LogP) is 0.504. The van der Waals surface area contributed by atoms with Crippen LogP contribution in [-0.4, -0.2) is 36.6 Å². The van der Waals surface area contributed by atoms with Gasteiger partial charge in [0.2, 0.25) is 0 Å². The van der Waals surface area contributed by atoms with Crippen LogP contribution < -0.4 is 22.3 Å². The Morgan fingerprint density at radius 3 is 2.88 bits per heavy atom. The minimum absolute atomic E-state index is 0.0138. The highest BCUT2D eigenvalue weighted by Gasteiger charge is 2.21. The van der Waals surface area contributed by atoms with E-state index in [-0.39, 0.29) is 12.0 Å². The first-order chi connectivity index (χ1) is 11.9. The van der Waals surface area contributed by atoms with Crippen LogP contribution >= 0.6 is 0 Å². The lowest BCUT2D eigenvalue weighted by Crippen LogP contribution is -2.32. The lowest BCUT2D eigenvalue weighted by molar-refractivity contribution is -0.141. The molecule has 0 aliphatic rings. The third-order valence-corrected chi connectivity index (χ3v) is 3.59. The summed E-state index contributed by atoms with van der Waals surface area (Å²) in [5.41, 5.74) is 11.3. The molecule has 9 heteroatoms. The number of nitrogens with zero attached hydrogens (tertiary/aromatic N) is 2. The number of aromatic nitrogens is 1. The highest BCUT2D eigenvalue weighted by molar-refractivity contribution is 5.81. The Hall–Kier alpha value is -3.10. The normalized spacial score (nSPS) is 11.8. The lowest BCUT2D eigenvalue weighted by Gasteiger charge is -2.15. The largest absolute Gasteiger partial charge is 0.467 e. The third-order valence-electron chi connectivity index (χ3n) is 3.59. The van der Waals surface area contributed by atoms with Gasteiger partial charge in [-0.15, -0.1) is 0 Å². The van der Waals surface area contributed by atoms with Gasteiger partial charge >= 0.3 is 5.97 Å². The molecule has 0 fully saturated rings. The summed E-state index contributed by atoms with van der Waals surface area (Å²) in [6, 6.07) is 4.46. The van der Waals surface area contributed by atoms with Crippen LogP contribution in [-0.2, 0) is 9.53 Å². The van der Waals surface area contributed by atoms with Gasteiger partial charge in [0.25, 0.3) is 11.6 Å². The van der Waals surface area contributed by atoms with Crippen LogP contribution in [0.5, 0.6) is 0 Å². The zero-order chi connectivity index (χ0) is 18.4. The Balaban J connectivity index is 2.20. The molecular weight excluding hydrogens is 326 g/mol. The molecule has 134 valence electrons. The van der Waals surface area contributed by atoms with E-state index in [1.807, 2.05) is 0 Å². The summed E-state index contributed by atoms with van der Waals surface area (Å²) in [4.78, 5) is 31.9. The maximum atomic E-state index is 12.2. The number of anilines is 1. The number of carbonyl (C=O) groups is 1. The average molecular weight is 347 g/mol. The van der Waals surface area contributed by atoms with E-state index in [0.29, 0.717) is 30.4 Å². The van der Waals surface area contributed by atoms with Crippen molar-refractivity contribution in [2.45, 2.75) is 25.8 Å². The van der Waals surface area contributed by atoms with Crippen LogP contribution in [0.1, 0.15) is 18.4 Å². The van der Waals surface area contributed by atoms with Gasteiger partial charge in [-0.25, -0.2) is 4.79 Å². The Bertz CT molecular complexity index is 842. The van der Waals surface area contributed by atoms with Crippen molar-refractivity contribution in [1.82, 2.24) is 4.98 Å². The highest BCUT2D eigenvalue weighted by atomic mass is 16.5. The number of hydrogen-bond acceptors (Lipinski definition) is 7. The average Bonchev–Trinajstić information content (AvgIpc) is 2.56. The molecule has 5 N–H and O–H groups in total. The topological polar surface area (TPSA) is 146 Å². The van der Waals surface area contributed by atoms with Crippen LogP contribution in [0, 0.1) is 6.92 Å². The third kappa shape index (κ3) is 4.69. The number of aryl methyl sites for hydroxylation is 1. The Labute approximate surface area is 144 Å². The van der Waals surface area contributed by atoms with E-state index in [1.165, 1.54) is 7.11 Å². The Morgan fingerprint density at radius 1 is 1.44 bits per heavy atom. The zero-order valence-corrected chi connectivity index (χ0v) is 14.1. The summed E-state index contributed by atoms with van der Waals surface area (Å²) in [7, 11) is 1.28. The van der Waals surface area contributed by atoms with E-state index in [2.05, 4.69) is 15.3 Å². The number of carbonyl (C=O) groups excluding carboxylic acids is 1. The van der Waals surface area contributed by atoms with Crippen LogP contribution in [0.15, 0.2) is 32.4 Å². The maximum absolute atomic E-state index is 12.2. The smallest absolute Gasteiger partial charge is 0.328 e. The van der Waals surface area contributed by atoms with Crippen molar-refractivity contribution < 1.29 is 13.9 Å². The van der Waals surface area contributed by atoms with Crippen molar-refractivity contribution in [2.75, 3.05) is 19.0 Å². The maximum Gasteiger partial charge on any atom is 0.328 e. The number of methoxy groups -OCH3 is 1. The molecule has 1 aromatic heterocycles. The molecule has 1 atom stereocenters. The second-order valence-corrected chi connectivity index (χ2v) is 5.44. The molecule has 0 aliphatic heterocycles. The number of nitrogens with two attached hydrogens (primary N) is 2. The number of nitrogens with one attached hydrogen (secondary N) is 1. The van der Waals surface area contributed by atoms with Gasteiger partial charge in [-0.1, -0.05) is 12.1 Å². The minimum Gasteiger partial charge on any atom is -0.467 e. The Morgan fingerprint density at radius 2 is 2.20 bits per heavy atom. The van der Waals surface area contributed by atoms with Crippen molar-refractivity contribution in [3.8, 4) is 0 Å². The van der Waals surface area contributed by atoms with E-state index >= 15 is 0 Å². The second-order valence-electron chi connectivity index (χ2n) is 5.44. The molecule has 0 unspecified atom stereocenters. The summed E-state index contributed by atoms with van der Waals surface area (Å²) in [5, 5.41) is 3.22. The van der Waals surface area contributed by atoms with E-state index in [9.17, 15) is 9.59 Å². The summed E-state index contributed by atoms with van der Waals surface area (Å²) in [6.07, 6.45) is 0.905. The number of guanidine groups is 1. The molecule has 2 rings (SSSR count). The first-order valence-electron chi connectivity index (χ1n) is 7.72. The number of hydrogen-bond donors (Lipinski definition) is 3.